The van der Waals surface area contributed by atoms with Crippen molar-refractivity contribution in [2.45, 2.75) is 0 Å². The summed E-state index contributed by atoms with van der Waals surface area (Å²) >= 11 is 0. The molecule has 0 N–H and O–H groups in total. The van der Waals surface area contributed by atoms with E-state index in [0.29, 0.717) is 6.54 Å². The Kier molecular flexibility index (Phi) is 20.4. The van der Waals surface area contributed by atoms with Crippen LogP contribution >= 0.6 is 0 Å². The van der Waals surface area contributed by atoms with Crippen molar-refractivity contribution in [2.75, 3.05) is 27.2 Å². The summed E-state index contributed by atoms with van der Waals surface area (Å²) < 4.78 is 0. The van der Waals surface area contributed by atoms with Gasteiger partial charge in [0.05, 0.1) is 0 Å². The van der Waals surface area contributed by atoms with E-state index >= 15 is 0 Å². The summed E-state index contributed by atoms with van der Waals surface area (Å²) in [6, 6.07) is 0. The van der Waals surface area contributed by atoms with Gasteiger partial charge in [-0.05, 0) is 0 Å². The Hall–Kier alpha value is 0.340. The van der Waals surface area contributed by atoms with Crippen LogP contribution in [-0.2, 0) is 5.11 Å². The molecule has 0 aromatic heterocycles. The molecule has 51 valence electrons. The monoisotopic (exact) mass is 158 g/mol. The Labute approximate surface area is 62.7 Å². The summed E-state index contributed by atoms with van der Waals surface area (Å²) in [5, 5.41) is 9.70. The molecule has 2 nitrogen and oxygen atoms in total. The topological polar surface area (TPSA) is 25.8 Å². The van der Waals surface area contributed by atoms with Gasteiger partial charge >= 0.3 is 0 Å². The molecule has 0 fully saturated rings. The first-order valence-corrected chi connectivity index (χ1v) is 2.00. The third kappa shape index (κ3) is 16.2. The number of hydrogen-bond acceptors (Lipinski definition) is 1. The van der Waals surface area contributed by atoms with Gasteiger partial charge in [-0.1, -0.05) is 0 Å². The number of likely N-dealkylation sites (N-methyl/N-ethyl adjacent to an activating group) is 1. The van der Waals surface area contributed by atoms with E-state index < -0.39 is 0 Å². The van der Waals surface area contributed by atoms with Crippen molar-refractivity contribution in [1.29, 1.82) is 0 Å². The number of rotatable bonds is 2. The SMILES string of the molecule is C[N+2](C)CC[O].[Cl-].[Cl-]. The lowest BCUT2D eigenvalue weighted by molar-refractivity contribution is -0.00100. The van der Waals surface area contributed by atoms with Crippen molar-refractivity contribution in [3.8, 4) is 0 Å². The van der Waals surface area contributed by atoms with Gasteiger partial charge < -0.3 is 24.8 Å². The molecule has 0 bridgehead atoms. The quantitative estimate of drug-likeness (QED) is 0.383. The van der Waals surface area contributed by atoms with Crippen LogP contribution in [0.1, 0.15) is 0 Å². The molecule has 0 aromatic carbocycles. The van der Waals surface area contributed by atoms with Crippen LogP contribution in [0, 0.1) is 0 Å². The molecular formula is C4H10Cl2NO. The molecule has 0 saturated carbocycles. The highest BCUT2D eigenvalue weighted by molar-refractivity contribution is 4.41. The molecule has 0 aliphatic heterocycles. The first kappa shape index (κ1) is 15.8. The zero-order valence-corrected chi connectivity index (χ0v) is 6.54. The lowest BCUT2D eigenvalue weighted by atomic mass is 10.6. The predicted molar refractivity (Wildman–Crippen MR) is 24.4 cm³/mol. The Morgan fingerprint density at radius 1 is 1.25 bits per heavy atom. The van der Waals surface area contributed by atoms with Crippen LogP contribution in [0.3, 0.4) is 0 Å². The highest BCUT2D eigenvalue weighted by Gasteiger charge is 1.99. The normalized spacial score (nSPS) is 6.38. The third-order valence-electron chi connectivity index (χ3n) is 0.539. The maximum atomic E-state index is 9.70. The number of hydrogen-bond donors (Lipinski definition) is 0. The van der Waals surface area contributed by atoms with Crippen LogP contribution in [0.25, 0.3) is 0 Å². The summed E-state index contributed by atoms with van der Waals surface area (Å²) in [6.45, 7) is 0.660. The summed E-state index contributed by atoms with van der Waals surface area (Å²) in [5.74, 6) is 0. The maximum Gasteiger partial charge on any atom is 0.273 e. The minimum atomic E-state index is 0. The first-order valence-electron chi connectivity index (χ1n) is 2.00. The molecule has 0 spiro atoms. The Balaban J connectivity index is -0.000000125. The van der Waals surface area contributed by atoms with Gasteiger partial charge in [0, 0.05) is 0 Å². The van der Waals surface area contributed by atoms with Crippen molar-refractivity contribution in [3.05, 3.63) is 0 Å². The van der Waals surface area contributed by atoms with Crippen molar-refractivity contribution in [1.82, 2.24) is 4.90 Å². The zero-order chi connectivity index (χ0) is 4.99. The van der Waals surface area contributed by atoms with Gasteiger partial charge in [-0.15, -0.1) is 0 Å². The molecular weight excluding hydrogens is 149 g/mol. The van der Waals surface area contributed by atoms with Gasteiger partial charge in [0.2, 0.25) is 14.1 Å². The van der Waals surface area contributed by atoms with Crippen LogP contribution in [0.4, 0.5) is 0 Å². The largest absolute Gasteiger partial charge is 1.00 e. The lowest BCUT2D eigenvalue weighted by Gasteiger charge is -1.85. The second kappa shape index (κ2) is 10.3. The lowest BCUT2D eigenvalue weighted by Crippen LogP contribution is -3.00. The number of halogens is 2. The van der Waals surface area contributed by atoms with E-state index in [1.165, 1.54) is 0 Å². The maximum absolute atomic E-state index is 9.70. The highest BCUT2D eigenvalue weighted by Crippen LogP contribution is 1.62. The molecule has 0 unspecified atom stereocenters. The van der Waals surface area contributed by atoms with Gasteiger partial charge in [0.25, 0.3) is 6.54 Å². The Morgan fingerprint density at radius 2 is 1.62 bits per heavy atom. The second-order valence-electron chi connectivity index (χ2n) is 1.51. The number of nitrogens with zero attached hydrogens (tertiary/aromatic N) is 1. The van der Waals surface area contributed by atoms with Gasteiger partial charge in [-0.2, -0.15) is 4.90 Å². The molecule has 0 aliphatic rings. The molecule has 0 rings (SSSR count). The van der Waals surface area contributed by atoms with Crippen molar-refractivity contribution in [2.24, 2.45) is 0 Å². The third-order valence-corrected chi connectivity index (χ3v) is 0.539. The van der Waals surface area contributed by atoms with E-state index in [9.17, 15) is 5.11 Å². The van der Waals surface area contributed by atoms with E-state index in [-0.39, 0.29) is 31.4 Å². The fraction of sp³-hybridized carbons (Fsp3) is 1.00. The average molecular weight is 159 g/mol. The zero-order valence-electron chi connectivity index (χ0n) is 5.03. The highest BCUT2D eigenvalue weighted by atomic mass is 35.5. The molecule has 1 radical (unpaired) electrons. The van der Waals surface area contributed by atoms with E-state index in [4.69, 9.17) is 0 Å². The van der Waals surface area contributed by atoms with Gasteiger partial charge in [-0.25, -0.2) is 5.11 Å². The minimum absolute atomic E-state index is 0. The van der Waals surface area contributed by atoms with Crippen LogP contribution in [0.2, 0.25) is 0 Å². The molecule has 0 amide bonds. The standard InChI is InChI=1S/C4H10NO.2ClH/c1-5(2)3-4-6;;/h3-4H2,1-2H3;2*1H/q+2;;/p-2. The molecule has 0 heterocycles. The summed E-state index contributed by atoms with van der Waals surface area (Å²) in [7, 11) is 3.77. The van der Waals surface area contributed by atoms with Gasteiger partial charge in [0.1, 0.15) is 0 Å². The van der Waals surface area contributed by atoms with E-state index in [1.54, 1.807) is 0 Å². The molecule has 4 heteroatoms. The molecule has 0 aromatic rings. The van der Waals surface area contributed by atoms with Crippen molar-refractivity contribution in [3.63, 3.8) is 0 Å². The summed E-state index contributed by atoms with van der Waals surface area (Å²) in [6.07, 6.45) is 0. The minimum Gasteiger partial charge on any atom is -1.00 e. The molecule has 0 aliphatic carbocycles. The fourth-order valence-electron chi connectivity index (χ4n) is 0.183. The summed E-state index contributed by atoms with van der Waals surface area (Å²) in [4.78, 5) is 1.87. The van der Waals surface area contributed by atoms with Crippen molar-refractivity contribution < 1.29 is 29.9 Å². The van der Waals surface area contributed by atoms with Crippen LogP contribution in [-0.4, -0.2) is 27.2 Å². The van der Waals surface area contributed by atoms with Crippen LogP contribution in [0.15, 0.2) is 0 Å². The smallest absolute Gasteiger partial charge is 0.273 e. The van der Waals surface area contributed by atoms with Gasteiger partial charge in [-0.3, -0.25) is 0 Å². The fourth-order valence-corrected chi connectivity index (χ4v) is 0.183. The van der Waals surface area contributed by atoms with Gasteiger partial charge in [0.15, 0.2) is 6.61 Å². The van der Waals surface area contributed by atoms with Crippen LogP contribution < -0.4 is 29.7 Å². The Bertz CT molecular complexity index is 35.2. The molecule has 0 atom stereocenters. The average Bonchev–Trinajstić information content (AvgIpc) is 1.35. The molecule has 0 saturated heterocycles. The van der Waals surface area contributed by atoms with Crippen molar-refractivity contribution >= 4 is 0 Å². The van der Waals surface area contributed by atoms with E-state index in [2.05, 4.69) is 0 Å². The Morgan fingerprint density at radius 3 is 1.62 bits per heavy atom. The van der Waals surface area contributed by atoms with E-state index in [0.717, 1.165) is 0 Å². The second-order valence-corrected chi connectivity index (χ2v) is 1.51. The van der Waals surface area contributed by atoms with Crippen LogP contribution in [0.5, 0.6) is 0 Å². The summed E-state index contributed by atoms with van der Waals surface area (Å²) in [5.41, 5.74) is 0. The first-order chi connectivity index (χ1) is 2.77. The molecule has 8 heavy (non-hydrogen) atoms. The van der Waals surface area contributed by atoms with E-state index in [1.807, 2.05) is 19.0 Å². The predicted octanol–water partition coefficient (Wildman–Crippen LogP) is -6.18.